The zero-order chi connectivity index (χ0) is 17.3. The van der Waals surface area contributed by atoms with E-state index in [1.165, 1.54) is 5.56 Å². The molecule has 2 amide bonds. The largest absolute Gasteiger partial charge is 0.351 e. The highest BCUT2D eigenvalue weighted by atomic mass is 16.2. The Morgan fingerprint density at radius 1 is 0.960 bits per heavy atom. The van der Waals surface area contributed by atoms with Crippen molar-refractivity contribution in [2.45, 2.75) is 31.1 Å². The molecule has 2 aliphatic carbocycles. The zero-order valence-corrected chi connectivity index (χ0v) is 14.1. The van der Waals surface area contributed by atoms with E-state index in [9.17, 15) is 9.59 Å². The van der Waals surface area contributed by atoms with Crippen molar-refractivity contribution in [3.8, 4) is 0 Å². The highest BCUT2D eigenvalue weighted by Crippen LogP contribution is 2.47. The number of anilines is 1. The second-order valence-corrected chi connectivity index (χ2v) is 7.17. The maximum Gasteiger partial charge on any atom is 0.251 e. The van der Waals surface area contributed by atoms with Gasteiger partial charge in [-0.25, -0.2) is 0 Å². The topological polar surface area (TPSA) is 58.2 Å². The molecular formula is C21H22N2O2. The Balaban J connectivity index is 1.34. The van der Waals surface area contributed by atoms with Crippen LogP contribution in [0.4, 0.5) is 5.69 Å². The molecule has 0 saturated heterocycles. The molecule has 2 aliphatic rings. The SMILES string of the molecule is O=C(NCC1(c2ccccc2)CC1)c1ccc(NC(=O)C2CC2)cc1. The van der Waals surface area contributed by atoms with Crippen molar-refractivity contribution in [1.82, 2.24) is 5.32 Å². The molecule has 0 spiro atoms. The fourth-order valence-corrected chi connectivity index (χ4v) is 3.16. The van der Waals surface area contributed by atoms with Gasteiger partial charge in [-0.05, 0) is 55.5 Å². The average Bonchev–Trinajstić information content (AvgIpc) is 3.56. The summed E-state index contributed by atoms with van der Waals surface area (Å²) in [6.07, 6.45) is 4.19. The van der Waals surface area contributed by atoms with Crippen LogP contribution in [-0.4, -0.2) is 18.4 Å². The first-order valence-corrected chi connectivity index (χ1v) is 8.91. The lowest BCUT2D eigenvalue weighted by Gasteiger charge is -2.16. The van der Waals surface area contributed by atoms with Gasteiger partial charge in [0.25, 0.3) is 5.91 Å². The van der Waals surface area contributed by atoms with Gasteiger partial charge in [0.1, 0.15) is 0 Å². The van der Waals surface area contributed by atoms with Crippen molar-refractivity contribution in [3.05, 3.63) is 65.7 Å². The van der Waals surface area contributed by atoms with Gasteiger partial charge in [-0.15, -0.1) is 0 Å². The van der Waals surface area contributed by atoms with Crippen LogP contribution in [0.3, 0.4) is 0 Å². The van der Waals surface area contributed by atoms with E-state index in [1.807, 2.05) is 18.2 Å². The molecule has 0 radical (unpaired) electrons. The van der Waals surface area contributed by atoms with E-state index in [0.717, 1.165) is 31.4 Å². The fraction of sp³-hybridized carbons (Fsp3) is 0.333. The number of carbonyl (C=O) groups excluding carboxylic acids is 2. The third-order valence-electron chi connectivity index (χ3n) is 5.19. The highest BCUT2D eigenvalue weighted by molar-refractivity contribution is 5.96. The van der Waals surface area contributed by atoms with Crippen LogP contribution in [0.25, 0.3) is 0 Å². The van der Waals surface area contributed by atoms with Gasteiger partial charge in [-0.1, -0.05) is 30.3 Å². The summed E-state index contributed by atoms with van der Waals surface area (Å²) >= 11 is 0. The molecule has 0 unspecified atom stereocenters. The molecule has 128 valence electrons. The smallest absolute Gasteiger partial charge is 0.251 e. The van der Waals surface area contributed by atoms with Crippen LogP contribution in [-0.2, 0) is 10.2 Å². The second kappa shape index (κ2) is 6.36. The van der Waals surface area contributed by atoms with Gasteiger partial charge >= 0.3 is 0 Å². The van der Waals surface area contributed by atoms with E-state index in [-0.39, 0.29) is 23.1 Å². The Hall–Kier alpha value is -2.62. The van der Waals surface area contributed by atoms with E-state index in [0.29, 0.717) is 12.1 Å². The van der Waals surface area contributed by atoms with E-state index >= 15 is 0 Å². The summed E-state index contributed by atoms with van der Waals surface area (Å²) in [5, 5.41) is 5.95. The summed E-state index contributed by atoms with van der Waals surface area (Å²) in [5.74, 6) is 0.189. The lowest BCUT2D eigenvalue weighted by atomic mass is 9.96. The molecule has 4 heteroatoms. The van der Waals surface area contributed by atoms with Gasteiger partial charge in [0, 0.05) is 29.1 Å². The molecular weight excluding hydrogens is 312 g/mol. The van der Waals surface area contributed by atoms with Crippen molar-refractivity contribution in [3.63, 3.8) is 0 Å². The zero-order valence-electron chi connectivity index (χ0n) is 14.1. The molecule has 0 aromatic heterocycles. The fourth-order valence-electron chi connectivity index (χ4n) is 3.16. The Morgan fingerprint density at radius 2 is 1.64 bits per heavy atom. The molecule has 0 heterocycles. The summed E-state index contributed by atoms with van der Waals surface area (Å²) in [5.41, 5.74) is 2.77. The number of carbonyl (C=O) groups is 2. The van der Waals surface area contributed by atoms with E-state index in [1.54, 1.807) is 24.3 Å². The molecule has 4 nitrogen and oxygen atoms in total. The van der Waals surface area contributed by atoms with Crippen LogP contribution in [0.5, 0.6) is 0 Å². The van der Waals surface area contributed by atoms with E-state index in [4.69, 9.17) is 0 Å². The summed E-state index contributed by atoms with van der Waals surface area (Å²) in [7, 11) is 0. The number of hydrogen-bond acceptors (Lipinski definition) is 2. The van der Waals surface area contributed by atoms with Crippen LogP contribution in [0.2, 0.25) is 0 Å². The Kier molecular flexibility index (Phi) is 4.04. The maximum absolute atomic E-state index is 12.4. The van der Waals surface area contributed by atoms with Gasteiger partial charge < -0.3 is 10.6 Å². The van der Waals surface area contributed by atoms with Gasteiger partial charge in [-0.2, -0.15) is 0 Å². The minimum Gasteiger partial charge on any atom is -0.351 e. The highest BCUT2D eigenvalue weighted by Gasteiger charge is 2.44. The van der Waals surface area contributed by atoms with E-state index in [2.05, 4.69) is 22.8 Å². The predicted molar refractivity (Wildman–Crippen MR) is 97.5 cm³/mol. The average molecular weight is 334 g/mol. The minimum absolute atomic E-state index is 0.0673. The molecule has 4 rings (SSSR count). The number of nitrogens with one attached hydrogen (secondary N) is 2. The number of hydrogen-bond donors (Lipinski definition) is 2. The van der Waals surface area contributed by atoms with Crippen LogP contribution < -0.4 is 10.6 Å². The Labute approximate surface area is 147 Å². The van der Waals surface area contributed by atoms with Crippen LogP contribution in [0.15, 0.2) is 54.6 Å². The quantitative estimate of drug-likeness (QED) is 0.849. The summed E-state index contributed by atoms with van der Waals surface area (Å²) in [6, 6.07) is 17.5. The summed E-state index contributed by atoms with van der Waals surface area (Å²) in [6.45, 7) is 0.663. The lowest BCUT2D eigenvalue weighted by molar-refractivity contribution is -0.117. The molecule has 2 aromatic rings. The van der Waals surface area contributed by atoms with Crippen molar-refractivity contribution in [2.75, 3.05) is 11.9 Å². The summed E-state index contributed by atoms with van der Waals surface area (Å²) in [4.78, 5) is 24.2. The van der Waals surface area contributed by atoms with Crippen LogP contribution in [0, 0.1) is 5.92 Å². The van der Waals surface area contributed by atoms with Crippen molar-refractivity contribution in [1.29, 1.82) is 0 Å². The lowest BCUT2D eigenvalue weighted by Crippen LogP contribution is -2.32. The first kappa shape index (κ1) is 15.9. The van der Waals surface area contributed by atoms with Crippen LogP contribution >= 0.6 is 0 Å². The molecule has 25 heavy (non-hydrogen) atoms. The van der Waals surface area contributed by atoms with Gasteiger partial charge in [0.2, 0.25) is 5.91 Å². The first-order valence-electron chi connectivity index (χ1n) is 8.91. The Morgan fingerprint density at radius 3 is 2.24 bits per heavy atom. The predicted octanol–water partition coefficient (Wildman–Crippen LogP) is 3.50. The number of rotatable bonds is 6. The van der Waals surface area contributed by atoms with E-state index < -0.39 is 0 Å². The van der Waals surface area contributed by atoms with Gasteiger partial charge in [-0.3, -0.25) is 9.59 Å². The molecule has 2 saturated carbocycles. The molecule has 0 atom stereocenters. The van der Waals surface area contributed by atoms with Crippen molar-refractivity contribution >= 4 is 17.5 Å². The van der Waals surface area contributed by atoms with Gasteiger partial charge in [0.15, 0.2) is 0 Å². The van der Waals surface area contributed by atoms with Crippen molar-refractivity contribution < 1.29 is 9.59 Å². The summed E-state index contributed by atoms with van der Waals surface area (Å²) < 4.78 is 0. The molecule has 0 aliphatic heterocycles. The normalized spacial score (nSPS) is 17.6. The van der Waals surface area contributed by atoms with Crippen LogP contribution in [0.1, 0.15) is 41.6 Å². The standard InChI is InChI=1S/C21H22N2O2/c24-19(22-14-21(12-13-21)17-4-2-1-3-5-17)15-8-10-18(11-9-15)23-20(25)16-6-7-16/h1-5,8-11,16H,6-7,12-14H2,(H,22,24)(H,23,25). The maximum atomic E-state index is 12.4. The third kappa shape index (κ3) is 3.58. The molecule has 2 N–H and O–H groups in total. The number of amides is 2. The first-order chi connectivity index (χ1) is 12.2. The minimum atomic E-state index is -0.0673. The Bertz CT molecular complexity index is 775. The monoisotopic (exact) mass is 334 g/mol. The molecule has 0 bridgehead atoms. The number of benzene rings is 2. The third-order valence-corrected chi connectivity index (χ3v) is 5.19. The van der Waals surface area contributed by atoms with Gasteiger partial charge in [0.05, 0.1) is 0 Å². The van der Waals surface area contributed by atoms with Crippen molar-refractivity contribution in [2.24, 2.45) is 5.92 Å². The second-order valence-electron chi connectivity index (χ2n) is 7.17. The molecule has 2 fully saturated rings. The molecule has 2 aromatic carbocycles.